The SMILES string of the molecule is Cc1nc(N[C@H](C)c2cccc(C(F)F)c2F)c2cc(N3C[C@@H](F)[C@H](NC(=O)OC(C)(C)C)C3)ncc2n1. The van der Waals surface area contributed by atoms with E-state index in [-0.39, 0.29) is 18.7 Å². The molecule has 2 N–H and O–H groups in total. The number of anilines is 2. The summed E-state index contributed by atoms with van der Waals surface area (Å²) < 4.78 is 61.2. The molecule has 1 aliphatic heterocycles. The Hall–Kier alpha value is -3.70. The summed E-state index contributed by atoms with van der Waals surface area (Å²) >= 11 is 0. The van der Waals surface area contributed by atoms with Gasteiger partial charge in [0.2, 0.25) is 0 Å². The molecule has 4 rings (SSSR count). The van der Waals surface area contributed by atoms with Crippen molar-refractivity contribution in [1.29, 1.82) is 0 Å². The monoisotopic (exact) mass is 534 g/mol. The number of aryl methyl sites for hydroxylation is 1. The lowest BCUT2D eigenvalue weighted by Crippen LogP contribution is -2.44. The van der Waals surface area contributed by atoms with Gasteiger partial charge in [0.1, 0.15) is 35.1 Å². The topological polar surface area (TPSA) is 92.3 Å². The van der Waals surface area contributed by atoms with E-state index in [9.17, 15) is 22.4 Å². The summed E-state index contributed by atoms with van der Waals surface area (Å²) in [6, 6.07) is 4.05. The van der Waals surface area contributed by atoms with Crippen LogP contribution in [0.4, 0.5) is 34.0 Å². The van der Waals surface area contributed by atoms with Crippen molar-refractivity contribution in [3.05, 3.63) is 53.2 Å². The molecule has 12 heteroatoms. The second-order valence-electron chi connectivity index (χ2n) is 10.3. The molecular weight excluding hydrogens is 504 g/mol. The minimum absolute atomic E-state index is 0.00349. The molecule has 0 saturated carbocycles. The molecule has 2 aromatic heterocycles. The summed E-state index contributed by atoms with van der Waals surface area (Å²) in [5.41, 5.74) is -0.818. The number of halogens is 4. The zero-order valence-electron chi connectivity index (χ0n) is 21.7. The Labute approximate surface area is 217 Å². The standard InChI is InChI=1S/C26H30F4N6O2/c1-13(15-7-6-8-16(22(15)28)23(29)30)32-24-17-9-21(31-10-19(17)33-14(2)34-24)36-11-18(27)20(12-36)35-25(37)38-26(3,4)5/h6-10,13,18,20,23H,11-12H2,1-5H3,(H,35,37)(H,32,33,34)/t13-,18-,20-/m1/s1. The van der Waals surface area contributed by atoms with Gasteiger partial charge in [0.15, 0.2) is 0 Å². The Kier molecular flexibility index (Phi) is 7.61. The van der Waals surface area contributed by atoms with Gasteiger partial charge < -0.3 is 20.3 Å². The van der Waals surface area contributed by atoms with Crippen LogP contribution in [0.15, 0.2) is 30.5 Å². The van der Waals surface area contributed by atoms with Gasteiger partial charge in [-0.05, 0) is 40.7 Å². The Bertz CT molecular complexity index is 1330. The van der Waals surface area contributed by atoms with Crippen molar-refractivity contribution >= 4 is 28.6 Å². The number of pyridine rings is 1. The van der Waals surface area contributed by atoms with E-state index < -0.39 is 47.8 Å². The first kappa shape index (κ1) is 27.3. The number of benzene rings is 1. The number of hydrogen-bond acceptors (Lipinski definition) is 7. The van der Waals surface area contributed by atoms with Crippen molar-refractivity contribution in [2.24, 2.45) is 0 Å². The quantitative estimate of drug-likeness (QED) is 0.396. The molecule has 1 aromatic carbocycles. The second kappa shape index (κ2) is 10.6. The summed E-state index contributed by atoms with van der Waals surface area (Å²) in [6.07, 6.45) is -3.47. The predicted molar refractivity (Wildman–Crippen MR) is 136 cm³/mol. The van der Waals surface area contributed by atoms with Crippen LogP contribution in [0.3, 0.4) is 0 Å². The number of ether oxygens (including phenoxy) is 1. The summed E-state index contributed by atoms with van der Waals surface area (Å²) in [5, 5.41) is 6.21. The van der Waals surface area contributed by atoms with E-state index in [0.29, 0.717) is 28.4 Å². The molecule has 1 saturated heterocycles. The van der Waals surface area contributed by atoms with Gasteiger partial charge in [-0.3, -0.25) is 0 Å². The number of aromatic nitrogens is 3. The third kappa shape index (κ3) is 6.05. The van der Waals surface area contributed by atoms with Gasteiger partial charge in [-0.1, -0.05) is 18.2 Å². The molecule has 0 aliphatic carbocycles. The van der Waals surface area contributed by atoms with Gasteiger partial charge in [0.25, 0.3) is 6.43 Å². The number of nitrogens with zero attached hydrogens (tertiary/aromatic N) is 4. The summed E-state index contributed by atoms with van der Waals surface area (Å²) in [4.78, 5) is 27.1. The summed E-state index contributed by atoms with van der Waals surface area (Å²) in [7, 11) is 0. The fourth-order valence-corrected chi connectivity index (χ4v) is 4.32. The van der Waals surface area contributed by atoms with Crippen LogP contribution >= 0.6 is 0 Å². The van der Waals surface area contributed by atoms with E-state index in [4.69, 9.17) is 4.74 Å². The number of alkyl halides is 3. The highest BCUT2D eigenvalue weighted by Gasteiger charge is 2.36. The van der Waals surface area contributed by atoms with Gasteiger partial charge in [-0.15, -0.1) is 0 Å². The highest BCUT2D eigenvalue weighted by atomic mass is 19.3. The lowest BCUT2D eigenvalue weighted by Gasteiger charge is -2.22. The van der Waals surface area contributed by atoms with E-state index in [1.54, 1.807) is 45.6 Å². The molecule has 3 aromatic rings. The molecule has 0 spiro atoms. The van der Waals surface area contributed by atoms with E-state index in [2.05, 4.69) is 25.6 Å². The number of hydrogen-bond donors (Lipinski definition) is 2. The van der Waals surface area contributed by atoms with Crippen molar-refractivity contribution in [2.45, 2.75) is 64.9 Å². The van der Waals surface area contributed by atoms with E-state index in [1.165, 1.54) is 18.3 Å². The normalized spacial score (nSPS) is 18.6. The molecule has 0 unspecified atom stereocenters. The number of nitrogens with one attached hydrogen (secondary N) is 2. The number of amides is 1. The lowest BCUT2D eigenvalue weighted by molar-refractivity contribution is 0.0490. The minimum atomic E-state index is -2.94. The van der Waals surface area contributed by atoms with E-state index in [0.717, 1.165) is 6.07 Å². The zero-order valence-corrected chi connectivity index (χ0v) is 21.7. The molecule has 3 heterocycles. The van der Waals surface area contributed by atoms with Crippen LogP contribution in [0, 0.1) is 12.7 Å². The van der Waals surface area contributed by atoms with Crippen molar-refractivity contribution < 1.29 is 27.1 Å². The summed E-state index contributed by atoms with van der Waals surface area (Å²) in [6.45, 7) is 8.65. The third-order valence-electron chi connectivity index (χ3n) is 6.07. The molecule has 0 bridgehead atoms. The molecule has 204 valence electrons. The average molecular weight is 535 g/mol. The van der Waals surface area contributed by atoms with Crippen LogP contribution in [0.25, 0.3) is 10.9 Å². The summed E-state index contributed by atoms with van der Waals surface area (Å²) in [5.74, 6) is 0.234. The Morgan fingerprint density at radius 1 is 1.18 bits per heavy atom. The maximum absolute atomic E-state index is 14.8. The van der Waals surface area contributed by atoms with Crippen LogP contribution < -0.4 is 15.5 Å². The highest BCUT2D eigenvalue weighted by molar-refractivity contribution is 5.90. The first-order valence-corrected chi connectivity index (χ1v) is 12.2. The Balaban J connectivity index is 1.58. The van der Waals surface area contributed by atoms with Crippen molar-refractivity contribution in [3.63, 3.8) is 0 Å². The maximum atomic E-state index is 14.8. The number of fused-ring (bicyclic) bond motifs is 1. The second-order valence-corrected chi connectivity index (χ2v) is 10.3. The van der Waals surface area contributed by atoms with E-state index >= 15 is 0 Å². The fraction of sp³-hybridized carbons (Fsp3) is 0.462. The van der Waals surface area contributed by atoms with Crippen molar-refractivity contribution in [1.82, 2.24) is 20.3 Å². The van der Waals surface area contributed by atoms with Gasteiger partial charge in [0.05, 0.1) is 35.9 Å². The Morgan fingerprint density at radius 3 is 2.58 bits per heavy atom. The number of carbonyl (C=O) groups excluding carboxylic acids is 1. The molecule has 1 amide bonds. The molecule has 38 heavy (non-hydrogen) atoms. The van der Waals surface area contributed by atoms with Crippen LogP contribution in [0.2, 0.25) is 0 Å². The van der Waals surface area contributed by atoms with Crippen LogP contribution in [0.5, 0.6) is 0 Å². The highest BCUT2D eigenvalue weighted by Crippen LogP contribution is 2.32. The largest absolute Gasteiger partial charge is 0.444 e. The molecule has 0 radical (unpaired) electrons. The minimum Gasteiger partial charge on any atom is -0.444 e. The number of rotatable bonds is 6. The van der Waals surface area contributed by atoms with Gasteiger partial charge in [-0.2, -0.15) is 0 Å². The van der Waals surface area contributed by atoms with Crippen LogP contribution in [-0.2, 0) is 4.74 Å². The third-order valence-corrected chi connectivity index (χ3v) is 6.07. The molecule has 1 fully saturated rings. The maximum Gasteiger partial charge on any atom is 0.408 e. The van der Waals surface area contributed by atoms with Crippen LogP contribution in [-0.4, -0.2) is 51.9 Å². The fourth-order valence-electron chi connectivity index (χ4n) is 4.32. The average Bonchev–Trinajstić information content (AvgIpc) is 3.17. The van der Waals surface area contributed by atoms with Crippen molar-refractivity contribution in [3.8, 4) is 0 Å². The van der Waals surface area contributed by atoms with Crippen LogP contribution in [0.1, 0.15) is 57.1 Å². The van der Waals surface area contributed by atoms with Gasteiger partial charge in [-0.25, -0.2) is 37.3 Å². The molecule has 3 atom stereocenters. The van der Waals surface area contributed by atoms with Gasteiger partial charge in [0, 0.05) is 17.5 Å². The number of carbonyl (C=O) groups is 1. The predicted octanol–water partition coefficient (Wildman–Crippen LogP) is 5.63. The number of alkyl carbamates (subject to hydrolysis) is 1. The zero-order chi connectivity index (χ0) is 27.8. The molecular formula is C26H30F4N6O2. The first-order chi connectivity index (χ1) is 17.8. The lowest BCUT2D eigenvalue weighted by atomic mass is 10.0. The first-order valence-electron chi connectivity index (χ1n) is 12.2. The Morgan fingerprint density at radius 2 is 1.89 bits per heavy atom. The molecule has 8 nitrogen and oxygen atoms in total. The van der Waals surface area contributed by atoms with Crippen molar-refractivity contribution in [2.75, 3.05) is 23.3 Å². The smallest absolute Gasteiger partial charge is 0.408 e. The van der Waals surface area contributed by atoms with Gasteiger partial charge >= 0.3 is 6.09 Å². The molecule has 1 aliphatic rings. The van der Waals surface area contributed by atoms with E-state index in [1.807, 2.05) is 0 Å².